The van der Waals surface area contributed by atoms with Gasteiger partial charge in [-0.2, -0.15) is 0 Å². The van der Waals surface area contributed by atoms with Crippen LogP contribution < -0.4 is 0 Å². The standard InChI is InChI=1S/C7H6O3S.CH4/c8-7(11(9)10)6-4-2-1-3-5-6;/h1-5,11H;1H4. The maximum absolute atomic E-state index is 10.7. The third-order valence-electron chi connectivity index (χ3n) is 1.19. The summed E-state index contributed by atoms with van der Waals surface area (Å²) in [6.45, 7) is 0. The second-order valence-corrected chi connectivity index (χ2v) is 2.85. The molecule has 0 saturated carbocycles. The second kappa shape index (κ2) is 4.66. The molecular formula is C8H10O3S. The lowest BCUT2D eigenvalue weighted by atomic mass is 10.2. The summed E-state index contributed by atoms with van der Waals surface area (Å²) in [7, 11) is -2.98. The van der Waals surface area contributed by atoms with E-state index in [0.29, 0.717) is 0 Å². The minimum atomic E-state index is -2.98. The van der Waals surface area contributed by atoms with E-state index in [1.807, 2.05) is 0 Å². The van der Waals surface area contributed by atoms with E-state index in [0.717, 1.165) is 0 Å². The molecule has 0 fully saturated rings. The Labute approximate surface area is 73.0 Å². The van der Waals surface area contributed by atoms with Gasteiger partial charge in [0.1, 0.15) is 0 Å². The van der Waals surface area contributed by atoms with Crippen LogP contribution in [0.25, 0.3) is 0 Å². The van der Waals surface area contributed by atoms with Gasteiger partial charge in [-0.25, -0.2) is 8.42 Å². The average molecular weight is 186 g/mol. The van der Waals surface area contributed by atoms with E-state index in [4.69, 9.17) is 0 Å². The molecule has 1 rings (SSSR count). The predicted octanol–water partition coefficient (Wildman–Crippen LogP) is 1.07. The molecule has 0 amide bonds. The number of hydrogen-bond acceptors (Lipinski definition) is 3. The van der Waals surface area contributed by atoms with Crippen LogP contribution >= 0.6 is 0 Å². The fraction of sp³-hybridized carbons (Fsp3) is 0.125. The Hall–Kier alpha value is -1.16. The van der Waals surface area contributed by atoms with Crippen molar-refractivity contribution in [2.24, 2.45) is 0 Å². The van der Waals surface area contributed by atoms with Crippen LogP contribution in [0, 0.1) is 0 Å². The zero-order chi connectivity index (χ0) is 8.27. The van der Waals surface area contributed by atoms with Crippen LogP contribution in [0.15, 0.2) is 30.3 Å². The fourth-order valence-electron chi connectivity index (χ4n) is 0.686. The molecule has 1 aromatic rings. The molecule has 0 aromatic heterocycles. The first kappa shape index (κ1) is 10.8. The van der Waals surface area contributed by atoms with Gasteiger partial charge in [0.25, 0.3) is 5.12 Å². The molecule has 1 aromatic carbocycles. The van der Waals surface area contributed by atoms with Crippen molar-refractivity contribution in [3.05, 3.63) is 35.9 Å². The van der Waals surface area contributed by atoms with Crippen molar-refractivity contribution in [1.29, 1.82) is 0 Å². The maximum Gasteiger partial charge on any atom is 0.273 e. The number of thiol groups is 1. The summed E-state index contributed by atoms with van der Waals surface area (Å²) in [5, 5.41) is -0.833. The van der Waals surface area contributed by atoms with Gasteiger partial charge in [-0.1, -0.05) is 37.8 Å². The van der Waals surface area contributed by atoms with Crippen LogP contribution in [0.5, 0.6) is 0 Å². The minimum Gasteiger partial charge on any atom is -0.276 e. The Morgan fingerprint density at radius 1 is 1.08 bits per heavy atom. The quantitative estimate of drug-likeness (QED) is 0.667. The summed E-state index contributed by atoms with van der Waals surface area (Å²) in [5.41, 5.74) is 0.212. The van der Waals surface area contributed by atoms with Crippen molar-refractivity contribution in [2.75, 3.05) is 0 Å². The molecule has 0 aliphatic rings. The molecule has 0 radical (unpaired) electrons. The van der Waals surface area contributed by atoms with E-state index < -0.39 is 15.8 Å². The van der Waals surface area contributed by atoms with E-state index in [9.17, 15) is 13.2 Å². The van der Waals surface area contributed by atoms with Gasteiger partial charge in [0.05, 0.1) is 0 Å². The van der Waals surface area contributed by atoms with Gasteiger partial charge in [0, 0.05) is 5.56 Å². The molecule has 0 N–H and O–H groups in total. The van der Waals surface area contributed by atoms with Gasteiger partial charge in [-0.15, -0.1) is 0 Å². The summed E-state index contributed by atoms with van der Waals surface area (Å²) in [4.78, 5) is 10.7. The number of hydrogen-bond donors (Lipinski definition) is 1. The second-order valence-electron chi connectivity index (χ2n) is 1.93. The predicted molar refractivity (Wildman–Crippen MR) is 47.8 cm³/mol. The van der Waals surface area contributed by atoms with Crippen LogP contribution in [-0.2, 0) is 10.7 Å². The smallest absolute Gasteiger partial charge is 0.273 e. The molecule has 0 heterocycles. The van der Waals surface area contributed by atoms with E-state index in [1.54, 1.807) is 18.2 Å². The molecule has 0 atom stereocenters. The molecule has 4 heteroatoms. The summed E-state index contributed by atoms with van der Waals surface area (Å²) < 4.78 is 20.4. The monoisotopic (exact) mass is 186 g/mol. The van der Waals surface area contributed by atoms with Gasteiger partial charge >= 0.3 is 0 Å². The number of benzene rings is 1. The Balaban J connectivity index is 0.00000121. The highest BCUT2D eigenvalue weighted by Gasteiger charge is 2.05. The Kier molecular flexibility index (Phi) is 4.21. The van der Waals surface area contributed by atoms with Crippen molar-refractivity contribution in [2.45, 2.75) is 7.43 Å². The molecule has 0 spiro atoms. The molecule has 3 nitrogen and oxygen atoms in total. The molecule has 0 bridgehead atoms. The van der Waals surface area contributed by atoms with E-state index >= 15 is 0 Å². The lowest BCUT2D eigenvalue weighted by Crippen LogP contribution is -1.99. The van der Waals surface area contributed by atoms with Gasteiger partial charge in [-0.05, 0) is 0 Å². The van der Waals surface area contributed by atoms with Gasteiger partial charge < -0.3 is 0 Å². The first-order chi connectivity index (χ1) is 5.22. The van der Waals surface area contributed by atoms with Crippen LogP contribution in [0.2, 0.25) is 0 Å². The molecular weight excluding hydrogens is 176 g/mol. The zero-order valence-corrected chi connectivity index (χ0v) is 6.45. The minimum absolute atomic E-state index is 0. The normalized spacial score (nSPS) is 9.08. The van der Waals surface area contributed by atoms with E-state index in [1.165, 1.54) is 12.1 Å². The van der Waals surface area contributed by atoms with Gasteiger partial charge in [-0.3, -0.25) is 4.79 Å². The molecule has 0 aliphatic carbocycles. The van der Waals surface area contributed by atoms with E-state index in [2.05, 4.69) is 0 Å². The SMILES string of the molecule is C.O=C(c1ccccc1)[SH](=O)=O. The van der Waals surface area contributed by atoms with Crippen molar-refractivity contribution >= 4 is 15.8 Å². The first-order valence-electron chi connectivity index (χ1n) is 2.95. The molecule has 0 aliphatic heterocycles. The Bertz CT molecular complexity index is 319. The largest absolute Gasteiger partial charge is 0.276 e. The lowest BCUT2D eigenvalue weighted by molar-refractivity contribution is 0.108. The Morgan fingerprint density at radius 2 is 1.58 bits per heavy atom. The average Bonchev–Trinajstić information content (AvgIpc) is 2.05. The zero-order valence-electron chi connectivity index (χ0n) is 5.56. The van der Waals surface area contributed by atoms with Crippen LogP contribution in [0.4, 0.5) is 0 Å². The van der Waals surface area contributed by atoms with Gasteiger partial charge in [0.15, 0.2) is 0 Å². The van der Waals surface area contributed by atoms with Crippen molar-refractivity contribution < 1.29 is 13.2 Å². The summed E-state index contributed by atoms with van der Waals surface area (Å²) >= 11 is 0. The van der Waals surface area contributed by atoms with Crippen molar-refractivity contribution in [3.63, 3.8) is 0 Å². The van der Waals surface area contributed by atoms with Crippen molar-refractivity contribution in [1.82, 2.24) is 0 Å². The molecule has 0 unspecified atom stereocenters. The topological polar surface area (TPSA) is 51.2 Å². The van der Waals surface area contributed by atoms with E-state index in [-0.39, 0.29) is 13.0 Å². The maximum atomic E-state index is 10.7. The van der Waals surface area contributed by atoms with Crippen molar-refractivity contribution in [3.8, 4) is 0 Å². The van der Waals surface area contributed by atoms with Crippen LogP contribution in [0.3, 0.4) is 0 Å². The fourth-order valence-corrected chi connectivity index (χ4v) is 1.05. The first-order valence-corrected chi connectivity index (χ1v) is 4.13. The number of carbonyl (C=O) groups is 1. The lowest BCUT2D eigenvalue weighted by Gasteiger charge is -1.89. The third-order valence-corrected chi connectivity index (χ3v) is 1.78. The number of rotatable bonds is 1. The summed E-state index contributed by atoms with van der Waals surface area (Å²) in [6.07, 6.45) is 0. The Morgan fingerprint density at radius 3 is 2.00 bits per heavy atom. The highest BCUT2D eigenvalue weighted by molar-refractivity contribution is 7.89. The molecule has 0 saturated heterocycles. The number of carbonyl (C=O) groups excluding carboxylic acids is 1. The summed E-state index contributed by atoms with van der Waals surface area (Å²) in [6, 6.07) is 7.88. The van der Waals surface area contributed by atoms with Crippen LogP contribution in [0.1, 0.15) is 17.8 Å². The highest BCUT2D eigenvalue weighted by Crippen LogP contribution is 1.99. The molecule has 12 heavy (non-hydrogen) atoms. The van der Waals surface area contributed by atoms with Gasteiger partial charge in [0.2, 0.25) is 10.7 Å². The summed E-state index contributed by atoms with van der Waals surface area (Å²) in [5.74, 6) is 0. The highest BCUT2D eigenvalue weighted by atomic mass is 32.2. The molecule has 66 valence electrons. The van der Waals surface area contributed by atoms with Crippen LogP contribution in [-0.4, -0.2) is 13.5 Å². The third kappa shape index (κ3) is 2.47.